The molecule has 4 aromatic rings. The van der Waals surface area contributed by atoms with Crippen LogP contribution < -0.4 is 24.5 Å². The molecule has 0 N–H and O–H groups in total. The molecule has 0 spiro atoms. The van der Waals surface area contributed by atoms with E-state index < -0.39 is 11.9 Å². The first-order valence-corrected chi connectivity index (χ1v) is 13.2. The molecule has 0 bridgehead atoms. The number of hydrogen-bond acceptors (Lipinski definition) is 6. The Kier molecular flexibility index (Phi) is 7.28. The maximum atomic E-state index is 14.0. The number of anilines is 1. The zero-order valence-corrected chi connectivity index (χ0v) is 23.3. The largest absolute Gasteiger partial charge is 0.495 e. The lowest BCUT2D eigenvalue weighted by Gasteiger charge is -2.26. The van der Waals surface area contributed by atoms with Crippen molar-refractivity contribution in [3.63, 3.8) is 0 Å². The second-order valence-electron chi connectivity index (χ2n) is 9.62. The van der Waals surface area contributed by atoms with Crippen LogP contribution in [0, 0.1) is 13.8 Å². The van der Waals surface area contributed by atoms with E-state index in [4.69, 9.17) is 30.2 Å². The summed E-state index contributed by atoms with van der Waals surface area (Å²) in [5.41, 5.74) is 3.49. The lowest BCUT2D eigenvalue weighted by atomic mass is 9.97. The van der Waals surface area contributed by atoms with E-state index in [-0.39, 0.29) is 16.8 Å². The maximum Gasteiger partial charge on any atom is 0.295 e. The molecule has 3 aromatic carbocycles. The molecule has 39 heavy (non-hydrogen) atoms. The van der Waals surface area contributed by atoms with E-state index in [2.05, 4.69) is 6.92 Å². The van der Waals surface area contributed by atoms with Crippen LogP contribution in [0.15, 0.2) is 57.7 Å². The Bertz CT molecular complexity index is 1640. The number of benzene rings is 3. The quantitative estimate of drug-likeness (QED) is 0.221. The highest BCUT2D eigenvalue weighted by Gasteiger charge is 2.44. The highest BCUT2D eigenvalue weighted by atomic mass is 35.5. The van der Waals surface area contributed by atoms with E-state index >= 15 is 0 Å². The van der Waals surface area contributed by atoms with Crippen molar-refractivity contribution in [2.24, 2.45) is 0 Å². The molecule has 1 unspecified atom stereocenters. The van der Waals surface area contributed by atoms with Crippen molar-refractivity contribution in [3.05, 3.63) is 91.8 Å². The monoisotopic (exact) mass is 547 g/mol. The van der Waals surface area contributed by atoms with Crippen molar-refractivity contribution in [2.45, 2.75) is 39.7 Å². The van der Waals surface area contributed by atoms with Crippen LogP contribution in [0.2, 0.25) is 5.02 Å². The molecule has 0 saturated carbocycles. The van der Waals surface area contributed by atoms with Crippen molar-refractivity contribution >= 4 is 34.2 Å². The van der Waals surface area contributed by atoms with Crippen LogP contribution in [-0.4, -0.2) is 26.7 Å². The van der Waals surface area contributed by atoms with Gasteiger partial charge in [0.2, 0.25) is 5.76 Å². The van der Waals surface area contributed by atoms with E-state index in [1.165, 1.54) is 12.0 Å². The summed E-state index contributed by atoms with van der Waals surface area (Å²) < 4.78 is 23.0. The van der Waals surface area contributed by atoms with Crippen LogP contribution >= 0.6 is 11.6 Å². The van der Waals surface area contributed by atoms with E-state index in [0.717, 1.165) is 24.0 Å². The highest BCUT2D eigenvalue weighted by Crippen LogP contribution is 2.44. The molecule has 1 amide bonds. The number of halogens is 1. The van der Waals surface area contributed by atoms with Gasteiger partial charge in [-0.2, -0.15) is 0 Å². The molecule has 0 saturated heterocycles. The number of methoxy groups -OCH3 is 2. The van der Waals surface area contributed by atoms with Crippen LogP contribution in [0.25, 0.3) is 11.0 Å². The van der Waals surface area contributed by atoms with Gasteiger partial charge in [0.25, 0.3) is 5.91 Å². The number of amides is 1. The van der Waals surface area contributed by atoms with Gasteiger partial charge in [-0.3, -0.25) is 14.5 Å². The van der Waals surface area contributed by atoms with Gasteiger partial charge < -0.3 is 18.6 Å². The number of fused-ring (bicyclic) bond motifs is 2. The summed E-state index contributed by atoms with van der Waals surface area (Å²) in [4.78, 5) is 29.5. The second kappa shape index (κ2) is 10.7. The first-order valence-electron chi connectivity index (χ1n) is 12.8. The molecule has 0 radical (unpaired) electrons. The Labute approximate surface area is 231 Å². The molecule has 1 aromatic heterocycles. The molecular weight excluding hydrogens is 518 g/mol. The molecule has 1 atom stereocenters. The number of aryl methyl sites for hydroxylation is 2. The summed E-state index contributed by atoms with van der Waals surface area (Å²) in [6.07, 6.45) is 1.91. The van der Waals surface area contributed by atoms with Crippen molar-refractivity contribution in [1.29, 1.82) is 0 Å². The van der Waals surface area contributed by atoms with Gasteiger partial charge in [0, 0.05) is 5.69 Å². The molecule has 202 valence electrons. The third-order valence-electron chi connectivity index (χ3n) is 7.16. The van der Waals surface area contributed by atoms with Crippen LogP contribution in [0.4, 0.5) is 5.69 Å². The van der Waals surface area contributed by atoms with E-state index in [1.54, 1.807) is 37.4 Å². The number of unbranched alkanes of at least 4 members (excludes halogenated alkanes) is 1. The highest BCUT2D eigenvalue weighted by molar-refractivity contribution is 6.32. The average Bonchev–Trinajstić information content (AvgIpc) is 3.22. The maximum absolute atomic E-state index is 14.0. The predicted octanol–water partition coefficient (Wildman–Crippen LogP) is 7.01. The predicted molar refractivity (Wildman–Crippen MR) is 152 cm³/mol. The average molecular weight is 548 g/mol. The normalized spacial score (nSPS) is 14.6. The Morgan fingerprint density at radius 1 is 0.923 bits per heavy atom. The van der Waals surface area contributed by atoms with Gasteiger partial charge in [0.1, 0.15) is 11.3 Å². The van der Waals surface area contributed by atoms with Gasteiger partial charge in [-0.25, -0.2) is 0 Å². The number of nitrogens with zero attached hydrogens (tertiary/aromatic N) is 1. The third kappa shape index (κ3) is 4.61. The molecule has 1 aliphatic heterocycles. The van der Waals surface area contributed by atoms with Crippen LogP contribution in [0.1, 0.15) is 58.6 Å². The number of carbonyl (C=O) groups is 1. The molecule has 7 nitrogen and oxygen atoms in total. The summed E-state index contributed by atoms with van der Waals surface area (Å²) in [5, 5.41) is 0.765. The Balaban J connectivity index is 1.73. The Hall–Kier alpha value is -3.97. The fraction of sp³-hybridized carbons (Fsp3) is 0.290. The molecule has 0 aliphatic carbocycles. The van der Waals surface area contributed by atoms with Gasteiger partial charge in [0.15, 0.2) is 16.9 Å². The van der Waals surface area contributed by atoms with Crippen LogP contribution in [0.3, 0.4) is 0 Å². The lowest BCUT2D eigenvalue weighted by molar-refractivity contribution is 0.0971. The smallest absolute Gasteiger partial charge is 0.295 e. The third-order valence-corrected chi connectivity index (χ3v) is 7.45. The summed E-state index contributed by atoms with van der Waals surface area (Å²) in [7, 11) is 3.09. The Morgan fingerprint density at radius 2 is 1.64 bits per heavy atom. The SMILES string of the molecule is CCCCOc1ccc(C2c3c(oc4cc(C)c(C)cc4c3=O)C(=O)N2c2ccc(OC)c(Cl)c2)cc1OC. The van der Waals surface area contributed by atoms with Crippen molar-refractivity contribution in [3.8, 4) is 17.2 Å². The van der Waals surface area contributed by atoms with E-state index in [1.807, 2.05) is 32.0 Å². The molecule has 8 heteroatoms. The van der Waals surface area contributed by atoms with Gasteiger partial charge in [-0.15, -0.1) is 0 Å². The lowest BCUT2D eigenvalue weighted by Crippen LogP contribution is -2.29. The summed E-state index contributed by atoms with van der Waals surface area (Å²) in [5.74, 6) is 1.15. The standard InChI is InChI=1S/C31H30ClNO6/c1-6-7-12-38-24-10-8-19(15-26(24)37-5)28-27-29(34)21-13-17(2)18(3)14-25(21)39-30(27)31(35)33(28)20-9-11-23(36-4)22(32)16-20/h8-11,13-16,28H,6-7,12H2,1-5H3. The molecule has 1 aliphatic rings. The van der Waals surface area contributed by atoms with Crippen LogP contribution in [0.5, 0.6) is 17.2 Å². The van der Waals surface area contributed by atoms with Crippen molar-refractivity contribution < 1.29 is 23.4 Å². The van der Waals surface area contributed by atoms with Crippen LogP contribution in [-0.2, 0) is 0 Å². The molecule has 0 fully saturated rings. The zero-order valence-electron chi connectivity index (χ0n) is 22.6. The summed E-state index contributed by atoms with van der Waals surface area (Å²) in [6, 6.07) is 13.4. The Morgan fingerprint density at radius 3 is 2.33 bits per heavy atom. The molecular formula is C31H30ClNO6. The number of ether oxygens (including phenoxy) is 3. The first kappa shape index (κ1) is 26.6. The minimum absolute atomic E-state index is 0.00920. The minimum atomic E-state index is -0.780. The summed E-state index contributed by atoms with van der Waals surface area (Å²) >= 11 is 6.46. The van der Waals surface area contributed by atoms with Gasteiger partial charge in [-0.1, -0.05) is 31.0 Å². The number of hydrogen-bond donors (Lipinski definition) is 0. The van der Waals surface area contributed by atoms with Crippen molar-refractivity contribution in [1.82, 2.24) is 0 Å². The first-order chi connectivity index (χ1) is 18.8. The second-order valence-corrected chi connectivity index (χ2v) is 10.0. The minimum Gasteiger partial charge on any atom is -0.495 e. The number of carbonyl (C=O) groups excluding carboxylic acids is 1. The molecule has 5 rings (SSSR count). The van der Waals surface area contributed by atoms with Gasteiger partial charge >= 0.3 is 0 Å². The van der Waals surface area contributed by atoms with Crippen molar-refractivity contribution in [2.75, 3.05) is 25.7 Å². The van der Waals surface area contributed by atoms with E-state index in [0.29, 0.717) is 51.1 Å². The fourth-order valence-corrected chi connectivity index (χ4v) is 5.17. The zero-order chi connectivity index (χ0) is 27.8. The summed E-state index contributed by atoms with van der Waals surface area (Å²) in [6.45, 7) is 6.53. The number of rotatable bonds is 8. The van der Waals surface area contributed by atoms with Gasteiger partial charge in [0.05, 0.1) is 42.8 Å². The topological polar surface area (TPSA) is 78.2 Å². The fourth-order valence-electron chi connectivity index (χ4n) is 4.91. The van der Waals surface area contributed by atoms with Gasteiger partial charge in [-0.05, 0) is 79.4 Å². The van der Waals surface area contributed by atoms with E-state index in [9.17, 15) is 9.59 Å². The molecule has 2 heterocycles.